The molecule has 2 aromatic carbocycles. The van der Waals surface area contributed by atoms with Crippen molar-refractivity contribution in [2.24, 2.45) is 0 Å². The SMILES string of the molecule is N#Cc1ccc(-c2cccc(C(=O)c3ccc(Cl)cn3)c2)c([N+](=O)[O-])c1. The van der Waals surface area contributed by atoms with Crippen LogP contribution >= 0.6 is 11.6 Å². The molecule has 0 fully saturated rings. The molecule has 7 heteroatoms. The number of halogens is 1. The summed E-state index contributed by atoms with van der Waals surface area (Å²) < 4.78 is 0. The van der Waals surface area contributed by atoms with E-state index < -0.39 is 4.92 Å². The predicted octanol–water partition coefficient (Wildman–Crippen LogP) is 4.41. The number of hydrogen-bond donors (Lipinski definition) is 0. The van der Waals surface area contributed by atoms with Crippen LogP contribution in [0.5, 0.6) is 0 Å². The monoisotopic (exact) mass is 363 g/mol. The van der Waals surface area contributed by atoms with E-state index in [4.69, 9.17) is 16.9 Å². The zero-order valence-corrected chi connectivity index (χ0v) is 14.0. The van der Waals surface area contributed by atoms with Gasteiger partial charge >= 0.3 is 0 Å². The van der Waals surface area contributed by atoms with Gasteiger partial charge < -0.3 is 0 Å². The Bertz CT molecular complexity index is 1060. The lowest BCUT2D eigenvalue weighted by Gasteiger charge is -2.06. The van der Waals surface area contributed by atoms with Crippen LogP contribution in [0.3, 0.4) is 0 Å². The van der Waals surface area contributed by atoms with Crippen LogP contribution in [0.15, 0.2) is 60.8 Å². The second-order valence-electron chi connectivity index (χ2n) is 5.37. The summed E-state index contributed by atoms with van der Waals surface area (Å²) in [7, 11) is 0. The number of carbonyl (C=O) groups is 1. The molecule has 1 heterocycles. The Balaban J connectivity index is 2.05. The number of rotatable bonds is 4. The number of carbonyl (C=O) groups excluding carboxylic acids is 1. The average Bonchev–Trinajstić information content (AvgIpc) is 2.67. The first-order chi connectivity index (χ1) is 12.5. The van der Waals surface area contributed by atoms with Crippen molar-refractivity contribution in [3.8, 4) is 17.2 Å². The third kappa shape index (κ3) is 3.43. The highest BCUT2D eigenvalue weighted by Crippen LogP contribution is 2.31. The largest absolute Gasteiger partial charge is 0.287 e. The summed E-state index contributed by atoms with van der Waals surface area (Å²) >= 11 is 5.78. The molecule has 0 saturated carbocycles. The van der Waals surface area contributed by atoms with Crippen LogP contribution in [-0.2, 0) is 0 Å². The van der Waals surface area contributed by atoms with Crippen LogP contribution in [-0.4, -0.2) is 15.7 Å². The highest BCUT2D eigenvalue weighted by Gasteiger charge is 2.18. The van der Waals surface area contributed by atoms with Crippen molar-refractivity contribution in [1.82, 2.24) is 4.98 Å². The van der Waals surface area contributed by atoms with E-state index in [-0.39, 0.29) is 22.7 Å². The Morgan fingerprint density at radius 2 is 1.96 bits per heavy atom. The quantitative estimate of drug-likeness (QED) is 0.388. The first-order valence-corrected chi connectivity index (χ1v) is 7.82. The van der Waals surface area contributed by atoms with Crippen molar-refractivity contribution >= 4 is 23.1 Å². The minimum Gasteiger partial charge on any atom is -0.287 e. The number of nitriles is 1. The molecule has 3 rings (SSSR count). The number of hydrogen-bond acceptors (Lipinski definition) is 5. The maximum absolute atomic E-state index is 12.6. The number of benzene rings is 2. The Kier molecular flexibility index (Phi) is 4.74. The summed E-state index contributed by atoms with van der Waals surface area (Å²) in [6.45, 7) is 0. The zero-order valence-electron chi connectivity index (χ0n) is 13.2. The van der Waals surface area contributed by atoms with Crippen molar-refractivity contribution in [2.75, 3.05) is 0 Å². The Morgan fingerprint density at radius 1 is 1.15 bits per heavy atom. The molecule has 6 nitrogen and oxygen atoms in total. The summed E-state index contributed by atoms with van der Waals surface area (Å²) in [4.78, 5) is 27.4. The average molecular weight is 364 g/mol. The van der Waals surface area contributed by atoms with Gasteiger partial charge in [0.1, 0.15) is 5.69 Å². The standard InChI is InChI=1S/C19H10ClN3O3/c20-15-5-7-17(22-11-15)19(24)14-3-1-2-13(9-14)16-6-4-12(10-21)8-18(16)23(25)26/h1-9,11H. The molecule has 126 valence electrons. The molecule has 0 amide bonds. The van der Waals surface area contributed by atoms with E-state index in [0.29, 0.717) is 21.7 Å². The van der Waals surface area contributed by atoms with Gasteiger partial charge in [-0.1, -0.05) is 29.8 Å². The fourth-order valence-corrected chi connectivity index (χ4v) is 2.59. The van der Waals surface area contributed by atoms with Gasteiger partial charge in [-0.25, -0.2) is 0 Å². The number of nitrogens with zero attached hydrogens (tertiary/aromatic N) is 3. The highest BCUT2D eigenvalue weighted by molar-refractivity contribution is 6.30. The molecule has 0 aliphatic carbocycles. The molecule has 26 heavy (non-hydrogen) atoms. The molecule has 3 aromatic rings. The normalized spacial score (nSPS) is 10.2. The molecule has 0 aliphatic rings. The van der Waals surface area contributed by atoms with Crippen LogP contribution in [0.4, 0.5) is 5.69 Å². The number of nitro groups is 1. The number of nitro benzene ring substituents is 1. The molecule has 0 bridgehead atoms. The molecule has 0 spiro atoms. The van der Waals surface area contributed by atoms with Crippen molar-refractivity contribution in [2.45, 2.75) is 0 Å². The zero-order chi connectivity index (χ0) is 18.7. The van der Waals surface area contributed by atoms with Gasteiger partial charge in [-0.3, -0.25) is 19.9 Å². The highest BCUT2D eigenvalue weighted by atomic mass is 35.5. The molecule has 0 atom stereocenters. The first-order valence-electron chi connectivity index (χ1n) is 7.45. The molecule has 0 aliphatic heterocycles. The van der Waals surface area contributed by atoms with Crippen molar-refractivity contribution < 1.29 is 9.72 Å². The summed E-state index contributed by atoms with van der Waals surface area (Å²) in [6, 6.07) is 15.6. The van der Waals surface area contributed by atoms with E-state index in [1.807, 2.05) is 6.07 Å². The smallest absolute Gasteiger partial charge is 0.278 e. The Morgan fingerprint density at radius 3 is 2.62 bits per heavy atom. The lowest BCUT2D eigenvalue weighted by molar-refractivity contribution is -0.384. The maximum atomic E-state index is 12.6. The second kappa shape index (κ2) is 7.13. The fraction of sp³-hybridized carbons (Fsp3) is 0. The topological polar surface area (TPSA) is 96.9 Å². The Labute approximate surface area is 153 Å². The molecule has 0 N–H and O–H groups in total. The van der Waals surface area contributed by atoms with E-state index in [1.54, 1.807) is 30.3 Å². The molecule has 1 aromatic heterocycles. The van der Waals surface area contributed by atoms with E-state index in [0.717, 1.165) is 0 Å². The van der Waals surface area contributed by atoms with E-state index in [2.05, 4.69) is 4.98 Å². The summed E-state index contributed by atoms with van der Waals surface area (Å²) in [5.41, 5.74) is 1.39. The van der Waals surface area contributed by atoms with Gasteiger partial charge in [-0.2, -0.15) is 5.26 Å². The van der Waals surface area contributed by atoms with E-state index >= 15 is 0 Å². The minimum absolute atomic E-state index is 0.193. The second-order valence-corrected chi connectivity index (χ2v) is 5.81. The number of pyridine rings is 1. The van der Waals surface area contributed by atoms with Gasteiger partial charge in [0.05, 0.1) is 27.1 Å². The van der Waals surface area contributed by atoms with Gasteiger partial charge in [0, 0.05) is 17.8 Å². The summed E-state index contributed by atoms with van der Waals surface area (Å²) in [5.74, 6) is -0.320. The third-order valence-corrected chi connectivity index (χ3v) is 3.94. The van der Waals surface area contributed by atoms with Crippen LogP contribution in [0.25, 0.3) is 11.1 Å². The lowest BCUT2D eigenvalue weighted by Crippen LogP contribution is -2.04. The molecule has 0 saturated heterocycles. The van der Waals surface area contributed by atoms with Crippen LogP contribution < -0.4 is 0 Å². The maximum Gasteiger partial charge on any atom is 0.278 e. The minimum atomic E-state index is -0.550. The van der Waals surface area contributed by atoms with Gasteiger partial charge in [0.2, 0.25) is 5.78 Å². The van der Waals surface area contributed by atoms with Gasteiger partial charge in [-0.05, 0) is 35.9 Å². The Hall–Kier alpha value is -3.56. The van der Waals surface area contributed by atoms with Crippen molar-refractivity contribution in [3.05, 3.63) is 92.8 Å². The van der Waals surface area contributed by atoms with Crippen molar-refractivity contribution in [1.29, 1.82) is 5.26 Å². The molecule has 0 radical (unpaired) electrons. The first kappa shape index (κ1) is 17.3. The van der Waals surface area contributed by atoms with E-state index in [1.165, 1.54) is 30.5 Å². The van der Waals surface area contributed by atoms with Crippen LogP contribution in [0.2, 0.25) is 5.02 Å². The summed E-state index contributed by atoms with van der Waals surface area (Å²) in [6.07, 6.45) is 1.38. The third-order valence-electron chi connectivity index (χ3n) is 3.72. The van der Waals surface area contributed by atoms with Gasteiger partial charge in [0.25, 0.3) is 5.69 Å². The molecule has 0 unspecified atom stereocenters. The van der Waals surface area contributed by atoms with E-state index in [9.17, 15) is 14.9 Å². The molecular formula is C19H10ClN3O3. The molecular weight excluding hydrogens is 354 g/mol. The lowest BCUT2D eigenvalue weighted by atomic mass is 9.98. The van der Waals surface area contributed by atoms with Gasteiger partial charge in [-0.15, -0.1) is 0 Å². The van der Waals surface area contributed by atoms with Crippen LogP contribution in [0.1, 0.15) is 21.6 Å². The van der Waals surface area contributed by atoms with Crippen LogP contribution in [0, 0.1) is 21.4 Å². The van der Waals surface area contributed by atoms with Gasteiger partial charge in [0.15, 0.2) is 0 Å². The fourth-order valence-electron chi connectivity index (χ4n) is 2.48. The number of ketones is 1. The summed E-state index contributed by atoms with van der Waals surface area (Å²) in [5, 5.41) is 20.7. The predicted molar refractivity (Wildman–Crippen MR) is 95.9 cm³/mol. The van der Waals surface area contributed by atoms with Crippen molar-refractivity contribution in [3.63, 3.8) is 0 Å². The number of aromatic nitrogens is 1.